The van der Waals surface area contributed by atoms with Gasteiger partial charge in [0.1, 0.15) is 0 Å². The van der Waals surface area contributed by atoms with Crippen LogP contribution in [-0.4, -0.2) is 51.6 Å². The van der Waals surface area contributed by atoms with Gasteiger partial charge >= 0.3 is 12.1 Å². The number of hydrogen-bond donors (Lipinski definition) is 2. The maximum Gasteiger partial charge on any atom is 0.490 e. The van der Waals surface area contributed by atoms with Crippen molar-refractivity contribution in [3.63, 3.8) is 0 Å². The number of hydrogen-bond acceptors (Lipinski definition) is 5. The van der Waals surface area contributed by atoms with Gasteiger partial charge < -0.3 is 10.4 Å². The van der Waals surface area contributed by atoms with Crippen molar-refractivity contribution < 1.29 is 35.7 Å². The molecule has 6 nitrogen and oxygen atoms in total. The van der Waals surface area contributed by atoms with E-state index >= 15 is 0 Å². The second-order valence-corrected chi connectivity index (χ2v) is 7.48. The van der Waals surface area contributed by atoms with E-state index in [1.54, 1.807) is 0 Å². The molecule has 0 radical (unpaired) electrons. The van der Waals surface area contributed by atoms with Gasteiger partial charge in [0.25, 0.3) is 10.1 Å². The molecule has 1 saturated carbocycles. The van der Waals surface area contributed by atoms with Crippen LogP contribution in [0.1, 0.15) is 44.9 Å². The van der Waals surface area contributed by atoms with Crippen molar-refractivity contribution in [2.45, 2.75) is 57.2 Å². The summed E-state index contributed by atoms with van der Waals surface area (Å²) in [6.07, 6.45) is 4.32. The Morgan fingerprint density at radius 2 is 1.71 bits per heavy atom. The van der Waals surface area contributed by atoms with Crippen LogP contribution < -0.4 is 5.32 Å². The Hall–Kier alpha value is -0.870. The molecule has 0 aromatic carbocycles. The quantitative estimate of drug-likeness (QED) is 0.523. The molecule has 0 spiro atoms. The smallest absolute Gasteiger partial charge is 0.475 e. The van der Waals surface area contributed by atoms with Crippen LogP contribution in [0.4, 0.5) is 13.2 Å². The zero-order valence-corrected chi connectivity index (χ0v) is 14.8. The van der Waals surface area contributed by atoms with E-state index in [0.29, 0.717) is 12.6 Å². The fraction of sp³-hybridized carbons (Fsp3) is 0.929. The molecule has 144 valence electrons. The number of alkyl halides is 3. The third-order valence-corrected chi connectivity index (χ3v) is 4.40. The highest BCUT2D eigenvalue weighted by molar-refractivity contribution is 7.85. The number of carboxylic acid groups (broad SMARTS) is 1. The van der Waals surface area contributed by atoms with Gasteiger partial charge in [0.15, 0.2) is 0 Å². The molecule has 0 bridgehead atoms. The summed E-state index contributed by atoms with van der Waals surface area (Å²) < 4.78 is 57.9. The largest absolute Gasteiger partial charge is 0.490 e. The van der Waals surface area contributed by atoms with Crippen LogP contribution in [0.15, 0.2) is 0 Å². The van der Waals surface area contributed by atoms with Gasteiger partial charge in [-0.15, -0.1) is 0 Å². The molecule has 0 heterocycles. The summed E-state index contributed by atoms with van der Waals surface area (Å²) in [7, 11) is -1.21. The van der Waals surface area contributed by atoms with Crippen LogP contribution >= 0.6 is 0 Å². The highest BCUT2D eigenvalue weighted by atomic mass is 32.2. The monoisotopic (exact) mass is 377 g/mol. The Balaban J connectivity index is 0.000000640. The van der Waals surface area contributed by atoms with Crippen molar-refractivity contribution in [1.82, 2.24) is 5.32 Å². The Morgan fingerprint density at radius 1 is 1.21 bits per heavy atom. The SMILES string of the molecule is CNC1CCC(CCCCOS(C)(=O)=O)CC1.O=C(O)C(F)(F)F. The molecule has 0 amide bonds. The normalized spacial score (nSPS) is 21.7. The molecule has 1 aliphatic carbocycles. The molecular formula is C14H26F3NO5S. The van der Waals surface area contributed by atoms with Crippen molar-refractivity contribution >= 4 is 16.1 Å². The van der Waals surface area contributed by atoms with Crippen LogP contribution in [-0.2, 0) is 19.1 Å². The minimum atomic E-state index is -5.08. The molecular weight excluding hydrogens is 351 g/mol. The summed E-state index contributed by atoms with van der Waals surface area (Å²) >= 11 is 0. The van der Waals surface area contributed by atoms with Crippen molar-refractivity contribution in [3.05, 3.63) is 0 Å². The number of nitrogens with one attached hydrogen (secondary N) is 1. The van der Waals surface area contributed by atoms with Crippen LogP contribution in [0.5, 0.6) is 0 Å². The van der Waals surface area contributed by atoms with E-state index in [0.717, 1.165) is 25.0 Å². The first kappa shape index (κ1) is 23.1. The maximum absolute atomic E-state index is 10.7. The zero-order valence-electron chi connectivity index (χ0n) is 13.9. The number of aliphatic carboxylic acids is 1. The van der Waals surface area contributed by atoms with E-state index < -0.39 is 22.3 Å². The van der Waals surface area contributed by atoms with E-state index in [1.807, 2.05) is 7.05 Å². The molecule has 0 saturated heterocycles. The maximum atomic E-state index is 10.7. The highest BCUT2D eigenvalue weighted by Crippen LogP contribution is 2.28. The van der Waals surface area contributed by atoms with Crippen molar-refractivity contribution in [3.8, 4) is 0 Å². The minimum absolute atomic E-state index is 0.338. The van der Waals surface area contributed by atoms with E-state index in [4.69, 9.17) is 14.1 Å². The predicted molar refractivity (Wildman–Crippen MR) is 83.1 cm³/mol. The van der Waals surface area contributed by atoms with Gasteiger partial charge in [0.05, 0.1) is 12.9 Å². The number of halogens is 3. The summed E-state index contributed by atoms with van der Waals surface area (Å²) in [6.45, 7) is 0.338. The lowest BCUT2D eigenvalue weighted by atomic mass is 9.83. The Kier molecular flexibility index (Phi) is 10.5. The Bertz CT molecular complexity index is 460. The van der Waals surface area contributed by atoms with E-state index in [1.165, 1.54) is 32.1 Å². The number of unbranched alkanes of at least 4 members (excludes halogenated alkanes) is 1. The molecule has 1 aliphatic rings. The summed E-state index contributed by atoms with van der Waals surface area (Å²) in [5.74, 6) is -1.93. The second-order valence-electron chi connectivity index (χ2n) is 5.83. The average molecular weight is 377 g/mol. The summed E-state index contributed by atoms with van der Waals surface area (Å²) in [6, 6.07) is 0.708. The summed E-state index contributed by atoms with van der Waals surface area (Å²) in [5.41, 5.74) is 0. The van der Waals surface area contributed by atoms with Gasteiger partial charge in [0.2, 0.25) is 0 Å². The van der Waals surface area contributed by atoms with Crippen LogP contribution in [0.2, 0.25) is 0 Å². The molecule has 10 heteroatoms. The van der Waals surface area contributed by atoms with Gasteiger partial charge in [-0.2, -0.15) is 21.6 Å². The number of rotatable bonds is 7. The molecule has 0 atom stereocenters. The highest BCUT2D eigenvalue weighted by Gasteiger charge is 2.38. The van der Waals surface area contributed by atoms with Crippen molar-refractivity contribution in [2.24, 2.45) is 5.92 Å². The van der Waals surface area contributed by atoms with Gasteiger partial charge in [-0.25, -0.2) is 4.79 Å². The van der Waals surface area contributed by atoms with Crippen molar-refractivity contribution in [2.75, 3.05) is 19.9 Å². The topological polar surface area (TPSA) is 92.7 Å². The lowest BCUT2D eigenvalue weighted by molar-refractivity contribution is -0.192. The number of carbonyl (C=O) groups is 1. The van der Waals surface area contributed by atoms with Crippen LogP contribution in [0, 0.1) is 5.92 Å². The molecule has 0 unspecified atom stereocenters. The predicted octanol–water partition coefficient (Wildman–Crippen LogP) is 2.54. The summed E-state index contributed by atoms with van der Waals surface area (Å²) in [4.78, 5) is 8.90. The third kappa shape index (κ3) is 12.5. The lowest BCUT2D eigenvalue weighted by Gasteiger charge is -2.28. The van der Waals surface area contributed by atoms with E-state index in [9.17, 15) is 21.6 Å². The zero-order chi connectivity index (χ0) is 18.8. The first-order chi connectivity index (χ1) is 11.0. The first-order valence-corrected chi connectivity index (χ1v) is 9.59. The van der Waals surface area contributed by atoms with Crippen molar-refractivity contribution in [1.29, 1.82) is 0 Å². The number of carboxylic acids is 1. The molecule has 2 N–H and O–H groups in total. The average Bonchev–Trinajstić information content (AvgIpc) is 2.46. The molecule has 0 aromatic heterocycles. The molecule has 0 aromatic rings. The first-order valence-electron chi connectivity index (χ1n) is 7.77. The lowest BCUT2D eigenvalue weighted by Crippen LogP contribution is -2.30. The van der Waals surface area contributed by atoms with Crippen LogP contribution in [0.3, 0.4) is 0 Å². The molecule has 24 heavy (non-hydrogen) atoms. The van der Waals surface area contributed by atoms with Gasteiger partial charge in [-0.1, -0.05) is 12.8 Å². The molecule has 1 rings (SSSR count). The van der Waals surface area contributed by atoms with Gasteiger partial charge in [-0.05, 0) is 45.1 Å². The summed E-state index contributed by atoms with van der Waals surface area (Å²) in [5, 5.41) is 10.5. The van der Waals surface area contributed by atoms with E-state index in [-0.39, 0.29) is 0 Å². The Morgan fingerprint density at radius 3 is 2.08 bits per heavy atom. The molecule has 1 fully saturated rings. The Labute approximate surface area is 140 Å². The van der Waals surface area contributed by atoms with Gasteiger partial charge in [0, 0.05) is 6.04 Å². The van der Waals surface area contributed by atoms with Gasteiger partial charge in [-0.3, -0.25) is 4.18 Å². The fourth-order valence-electron chi connectivity index (χ4n) is 2.49. The van der Waals surface area contributed by atoms with E-state index in [2.05, 4.69) is 5.32 Å². The standard InChI is InChI=1S/C12H25NO3S.C2HF3O2/c1-13-12-8-6-11(7-9-12)5-3-4-10-16-17(2,14)15;3-2(4,5)1(6)7/h11-13H,3-10H2,1-2H3;(H,6,7). The second kappa shape index (κ2) is 10.9. The third-order valence-electron chi connectivity index (χ3n) is 3.80. The fourth-order valence-corrected chi connectivity index (χ4v) is 2.91. The van der Waals surface area contributed by atoms with Crippen LogP contribution in [0.25, 0.3) is 0 Å². The minimum Gasteiger partial charge on any atom is -0.475 e. The molecule has 0 aliphatic heterocycles.